The van der Waals surface area contributed by atoms with Gasteiger partial charge in [0.05, 0.1) is 33.3 Å². The van der Waals surface area contributed by atoms with Gasteiger partial charge >= 0.3 is 0 Å². The van der Waals surface area contributed by atoms with E-state index in [0.717, 1.165) is 10.1 Å². The fraction of sp³-hybridized carbons (Fsp3) is 0.311. The van der Waals surface area contributed by atoms with Crippen LogP contribution in [0.3, 0.4) is 0 Å². The Morgan fingerprint density at radius 2 is 1.41 bits per heavy atom. The van der Waals surface area contributed by atoms with Gasteiger partial charge in [-0.25, -0.2) is 4.98 Å². The largest absolute Gasteiger partial charge is 0.507 e. The van der Waals surface area contributed by atoms with Gasteiger partial charge in [0.1, 0.15) is 11.6 Å². The van der Waals surface area contributed by atoms with Crippen LogP contribution in [0.5, 0.6) is 5.75 Å². The summed E-state index contributed by atoms with van der Waals surface area (Å²) >= 11 is 0. The number of phenols is 1. The van der Waals surface area contributed by atoms with Gasteiger partial charge in [-0.1, -0.05) is 179 Å². The minimum atomic E-state index is -4.35. The predicted octanol–water partition coefficient (Wildman–Crippen LogP) is 16.7. The number of imidazole rings is 1. The number of hydrogen-bond acceptors (Lipinski definition) is 3. The summed E-state index contributed by atoms with van der Waals surface area (Å²) < 4.78 is 266. The fourth-order valence-corrected chi connectivity index (χ4v) is 7.62. The summed E-state index contributed by atoms with van der Waals surface area (Å²) in [6.45, 7) is -16.3. The number of aromatic nitrogens is 3. The standard InChI is InChI=1S/C61H66N3O.Pt/c1-37(2)43-28-44(38(3)4)30-45(29-43)41-23-24-54(39(5)27-41)64-55-22-18-21-50(56(55)63-58(64)51-35-49(60(9,10)11)36-52(57(51)65)61(12,13)14)46-31-47(33-48(32-46)59(6,7)8)53-34-42(25-26-62-53)40-19-16-15-17-20-40;/h15-30,32-38,65H,1-14H3;/q-1;/i5D3,9D3,10D3,11D3,12D3,13D3,14D3,15D,16D,17D,19D,20D,25D,26D,34D,37D;. The Kier molecular flexibility index (Phi) is 6.35. The Morgan fingerprint density at radius 3 is 2.09 bits per heavy atom. The molecule has 5 heteroatoms. The van der Waals surface area contributed by atoms with Gasteiger partial charge in [-0.3, -0.25) is 9.55 Å². The monoisotopic (exact) mass is 1080 g/mol. The molecule has 0 aliphatic carbocycles. The van der Waals surface area contributed by atoms with Crippen molar-refractivity contribution in [1.29, 1.82) is 0 Å². The molecule has 0 spiro atoms. The first kappa shape index (κ1) is 23.0. The number of phenolic OH excluding ortho intramolecular Hbond substituents is 1. The summed E-state index contributed by atoms with van der Waals surface area (Å²) in [5.74, 6) is -3.72. The molecule has 0 saturated heterocycles. The second-order valence-electron chi connectivity index (χ2n) is 17.7. The summed E-state index contributed by atoms with van der Waals surface area (Å²) in [5.41, 5.74) is -14.0. The second kappa shape index (κ2) is 18.3. The van der Waals surface area contributed by atoms with Crippen molar-refractivity contribution in [2.75, 3.05) is 0 Å². The Morgan fingerprint density at radius 1 is 0.697 bits per heavy atom. The Hall–Kier alpha value is -5.57. The summed E-state index contributed by atoms with van der Waals surface area (Å²) in [6, 6.07) is 15.2. The van der Waals surface area contributed by atoms with E-state index in [2.05, 4.69) is 11.1 Å². The maximum atomic E-state index is 13.1. The fourth-order valence-electron chi connectivity index (χ4n) is 7.62. The Bertz CT molecular complexity index is 4280. The van der Waals surface area contributed by atoms with Crippen molar-refractivity contribution in [3.05, 3.63) is 167 Å². The maximum absolute atomic E-state index is 13.1. The van der Waals surface area contributed by atoms with E-state index in [1.807, 2.05) is 19.9 Å². The second-order valence-corrected chi connectivity index (χ2v) is 17.7. The number of hydrogen-bond donors (Lipinski definition) is 1. The minimum Gasteiger partial charge on any atom is -0.507 e. The van der Waals surface area contributed by atoms with Gasteiger partial charge < -0.3 is 5.11 Å². The van der Waals surface area contributed by atoms with Crippen LogP contribution in [0.4, 0.5) is 0 Å². The van der Waals surface area contributed by atoms with Gasteiger partial charge in [-0.2, -0.15) is 0 Å². The number of rotatable bonds is 8. The molecule has 0 fully saturated rings. The first-order chi connectivity index (χ1) is 42.9. The molecule has 0 amide bonds. The van der Waals surface area contributed by atoms with Crippen molar-refractivity contribution in [3.63, 3.8) is 0 Å². The smallest absolute Gasteiger partial charge is 0.148 e. The zero-order valence-corrected chi connectivity index (χ0v) is 39.5. The van der Waals surface area contributed by atoms with E-state index in [0.29, 0.717) is 22.8 Å². The Balaban J connectivity index is 0.0000130. The molecular formula is C61H66N3OPt-. The molecule has 0 aliphatic rings. The number of pyridine rings is 1. The van der Waals surface area contributed by atoms with Crippen LogP contribution in [0.15, 0.2) is 127 Å². The Labute approximate surface area is 451 Å². The quantitative estimate of drug-likeness (QED) is 0.154. The molecule has 0 aliphatic heterocycles. The number of para-hydroxylation sites is 1. The number of fused-ring (bicyclic) bond motifs is 1. The molecule has 0 bridgehead atoms. The molecule has 8 aromatic rings. The molecule has 0 unspecified atom stereocenters. The van der Waals surface area contributed by atoms with E-state index < -0.39 is 164 Å². The van der Waals surface area contributed by atoms with Crippen molar-refractivity contribution in [1.82, 2.24) is 14.5 Å². The van der Waals surface area contributed by atoms with Crippen molar-refractivity contribution >= 4 is 11.0 Å². The van der Waals surface area contributed by atoms with Crippen LogP contribution in [0, 0.1) is 12.9 Å². The zero-order valence-electron chi connectivity index (χ0n) is 67.2. The molecule has 8 rings (SSSR count). The van der Waals surface area contributed by atoms with E-state index in [-0.39, 0.29) is 77.7 Å². The normalized spacial score (nSPS) is 20.4. The van der Waals surface area contributed by atoms with Crippen LogP contribution in [-0.2, 0) is 37.3 Å². The maximum Gasteiger partial charge on any atom is 0.148 e. The topological polar surface area (TPSA) is 50.9 Å². The van der Waals surface area contributed by atoms with Crippen molar-refractivity contribution in [2.24, 2.45) is 0 Å². The number of nitrogens with zero attached hydrogens (tertiary/aromatic N) is 3. The van der Waals surface area contributed by atoms with Gasteiger partial charge in [-0.05, 0) is 110 Å². The molecule has 0 atom stereocenters. The molecule has 66 heavy (non-hydrogen) atoms. The summed E-state index contributed by atoms with van der Waals surface area (Å²) in [7, 11) is 0. The first-order valence-corrected chi connectivity index (χ1v) is 20.8. The third kappa shape index (κ3) is 9.63. The molecule has 4 nitrogen and oxygen atoms in total. The average Bonchev–Trinajstić information content (AvgIpc) is 0.777. The van der Waals surface area contributed by atoms with Crippen molar-refractivity contribution in [2.45, 2.75) is 124 Å². The molecule has 2 aromatic heterocycles. The molecule has 6 aromatic carbocycles. The molecule has 342 valence electrons. The van der Waals surface area contributed by atoms with Crippen LogP contribution in [0.25, 0.3) is 72.7 Å². The van der Waals surface area contributed by atoms with Gasteiger partial charge in [-0.15, -0.1) is 29.3 Å². The average molecular weight is 1080 g/mol. The van der Waals surface area contributed by atoms with Crippen molar-refractivity contribution < 1.29 is 67.3 Å². The van der Waals surface area contributed by atoms with E-state index in [1.165, 1.54) is 42.5 Å². The molecule has 0 saturated carbocycles. The molecular weight excluding hydrogens is 986 g/mol. The minimum absolute atomic E-state index is 0. The zero-order chi connectivity index (χ0) is 72.1. The van der Waals surface area contributed by atoms with Gasteiger partial charge in [0.2, 0.25) is 0 Å². The van der Waals surface area contributed by atoms with E-state index in [9.17, 15) is 10.6 Å². The van der Waals surface area contributed by atoms with Gasteiger partial charge in [0.15, 0.2) is 0 Å². The van der Waals surface area contributed by atoms with Crippen LogP contribution >= 0.6 is 0 Å². The third-order valence-corrected chi connectivity index (χ3v) is 11.3. The summed E-state index contributed by atoms with van der Waals surface area (Å²) in [6.07, 6.45) is -0.788. The van der Waals surface area contributed by atoms with Crippen LogP contribution in [0.1, 0.15) is 176 Å². The summed E-state index contributed by atoms with van der Waals surface area (Å²) in [4.78, 5) is 9.24. The first-order valence-electron chi connectivity index (χ1n) is 35.8. The number of aryl methyl sites for hydroxylation is 1. The summed E-state index contributed by atoms with van der Waals surface area (Å²) in [5, 5.41) is 13.1. The predicted molar refractivity (Wildman–Crippen MR) is 276 cm³/mol. The van der Waals surface area contributed by atoms with E-state index in [4.69, 9.17) is 40.6 Å². The van der Waals surface area contributed by atoms with E-state index in [1.54, 1.807) is 52.8 Å². The molecule has 2 heterocycles. The van der Waals surface area contributed by atoms with Crippen LogP contribution in [-0.4, -0.2) is 19.6 Å². The van der Waals surface area contributed by atoms with Crippen LogP contribution in [0.2, 0.25) is 0 Å². The van der Waals surface area contributed by atoms with Gasteiger partial charge in [0.25, 0.3) is 0 Å². The number of aromatic hydroxyl groups is 1. The van der Waals surface area contributed by atoms with Gasteiger partial charge in [0, 0.05) is 68.7 Å². The third-order valence-electron chi connectivity index (χ3n) is 11.3. The SMILES string of the molecule is [2H]c1nc(-c2[c-]c(-c3cccc4c3nc(-c3cc(C(C([2H])([2H])[2H])(C([2H])([2H])[2H])C([2H])([2H])[2H])cc(C(C([2H])([2H])[2H])(C([2H])([2H])[2H])C([2H])([2H])[2H])c3O)n4-c3ccc(-c4cc(C(C)C)cc(C([2H])(C)C)c4)cc3C([2H])([2H])[2H])cc(C(C)(C)C)c2)c([2H])c(-c2c([2H])c([2H])c([2H])c([2H])c2[2H])c1[2H].[Pt]. The van der Waals surface area contributed by atoms with Crippen molar-refractivity contribution in [3.8, 4) is 67.5 Å². The molecule has 1 N–H and O–H groups in total. The number of benzene rings is 6. The van der Waals surface area contributed by atoms with E-state index >= 15 is 0 Å². The van der Waals surface area contributed by atoms with Crippen LogP contribution < -0.4 is 0 Å². The molecule has 0 radical (unpaired) electrons.